The van der Waals surface area contributed by atoms with Crippen LogP contribution in [0.15, 0.2) is 12.1 Å². The number of nitro groups is 1. The maximum Gasteiger partial charge on any atom is 0.272 e. The topological polar surface area (TPSA) is 81.2 Å². The molecule has 7 heteroatoms. The molecule has 0 aliphatic rings. The molecule has 0 saturated carbocycles. The van der Waals surface area contributed by atoms with Gasteiger partial charge in [-0.25, -0.2) is 0 Å². The van der Waals surface area contributed by atoms with Crippen molar-refractivity contribution in [3.63, 3.8) is 0 Å². The van der Waals surface area contributed by atoms with Crippen LogP contribution in [0.3, 0.4) is 0 Å². The second-order valence-electron chi connectivity index (χ2n) is 3.73. The fourth-order valence-electron chi connectivity index (χ4n) is 1.26. The second-order valence-corrected chi connectivity index (χ2v) is 4.55. The summed E-state index contributed by atoms with van der Waals surface area (Å²) in [5.74, 6) is 0. The summed E-state index contributed by atoms with van der Waals surface area (Å²) in [4.78, 5) is 10.0. The Labute approximate surface area is 109 Å². The van der Waals surface area contributed by atoms with Gasteiger partial charge in [0.05, 0.1) is 20.7 Å². The SMILES string of the molecule is CC(N)CCNc1c(Cl)cc([N+](=O)[O-])cc1Cl. The van der Waals surface area contributed by atoms with Crippen LogP contribution in [0.1, 0.15) is 13.3 Å². The lowest BCUT2D eigenvalue weighted by Crippen LogP contribution is -2.19. The Hall–Kier alpha value is -1.04. The first-order valence-electron chi connectivity index (χ1n) is 5.04. The molecule has 0 amide bonds. The van der Waals surface area contributed by atoms with Gasteiger partial charge in [-0.3, -0.25) is 10.1 Å². The molecule has 1 unspecified atom stereocenters. The van der Waals surface area contributed by atoms with E-state index >= 15 is 0 Å². The van der Waals surface area contributed by atoms with Crippen molar-refractivity contribution in [1.29, 1.82) is 0 Å². The summed E-state index contributed by atoms with van der Waals surface area (Å²) in [6.07, 6.45) is 0.754. The number of hydrogen-bond acceptors (Lipinski definition) is 4. The number of nitrogens with two attached hydrogens (primary N) is 1. The largest absolute Gasteiger partial charge is 0.383 e. The summed E-state index contributed by atoms with van der Waals surface area (Å²) < 4.78 is 0. The minimum atomic E-state index is -0.538. The lowest BCUT2D eigenvalue weighted by Gasteiger charge is -2.11. The number of anilines is 1. The van der Waals surface area contributed by atoms with Crippen molar-refractivity contribution in [2.24, 2.45) is 5.73 Å². The highest BCUT2D eigenvalue weighted by Crippen LogP contribution is 2.34. The zero-order valence-electron chi connectivity index (χ0n) is 9.24. The number of non-ortho nitro benzene ring substituents is 1. The molecule has 0 spiro atoms. The van der Waals surface area contributed by atoms with Crippen LogP contribution in [0.2, 0.25) is 10.0 Å². The Kier molecular flexibility index (Phi) is 4.99. The van der Waals surface area contributed by atoms with E-state index in [4.69, 9.17) is 28.9 Å². The Balaban J connectivity index is 2.83. The van der Waals surface area contributed by atoms with Gasteiger partial charge in [-0.05, 0) is 13.3 Å². The third-order valence-corrected chi connectivity index (χ3v) is 2.74. The molecule has 0 radical (unpaired) electrons. The van der Waals surface area contributed by atoms with E-state index in [1.165, 1.54) is 12.1 Å². The van der Waals surface area contributed by atoms with E-state index in [-0.39, 0.29) is 21.8 Å². The number of nitro benzene ring substituents is 1. The Bertz CT molecular complexity index is 401. The van der Waals surface area contributed by atoms with Gasteiger partial charge >= 0.3 is 0 Å². The van der Waals surface area contributed by atoms with Gasteiger partial charge in [-0.15, -0.1) is 0 Å². The first kappa shape index (κ1) is 14.0. The minimum Gasteiger partial charge on any atom is -0.383 e. The molecule has 94 valence electrons. The molecule has 0 aromatic heterocycles. The lowest BCUT2D eigenvalue weighted by molar-refractivity contribution is -0.384. The number of nitrogens with zero attached hydrogens (tertiary/aromatic N) is 1. The molecule has 1 atom stereocenters. The monoisotopic (exact) mass is 277 g/mol. The fourth-order valence-corrected chi connectivity index (χ4v) is 1.87. The van der Waals surface area contributed by atoms with Crippen LogP contribution in [0, 0.1) is 10.1 Å². The van der Waals surface area contributed by atoms with Crippen LogP contribution >= 0.6 is 23.2 Å². The molecule has 0 heterocycles. The Morgan fingerprint density at radius 1 is 1.47 bits per heavy atom. The summed E-state index contributed by atoms with van der Waals surface area (Å²) >= 11 is 11.8. The summed E-state index contributed by atoms with van der Waals surface area (Å²) in [6.45, 7) is 2.50. The number of nitrogens with one attached hydrogen (secondary N) is 1. The highest BCUT2D eigenvalue weighted by molar-refractivity contribution is 6.39. The highest BCUT2D eigenvalue weighted by Gasteiger charge is 2.14. The van der Waals surface area contributed by atoms with Crippen molar-refractivity contribution in [2.45, 2.75) is 19.4 Å². The van der Waals surface area contributed by atoms with E-state index in [2.05, 4.69) is 5.32 Å². The van der Waals surface area contributed by atoms with Crippen LogP contribution in [0.25, 0.3) is 0 Å². The summed E-state index contributed by atoms with van der Waals surface area (Å²) in [7, 11) is 0. The summed E-state index contributed by atoms with van der Waals surface area (Å²) in [5, 5.41) is 14.0. The van der Waals surface area contributed by atoms with E-state index in [0.717, 1.165) is 6.42 Å². The third-order valence-electron chi connectivity index (χ3n) is 2.14. The molecule has 17 heavy (non-hydrogen) atoms. The maximum absolute atomic E-state index is 10.6. The fraction of sp³-hybridized carbons (Fsp3) is 0.400. The van der Waals surface area contributed by atoms with Gasteiger partial charge in [0.25, 0.3) is 5.69 Å². The first-order valence-corrected chi connectivity index (χ1v) is 5.80. The average Bonchev–Trinajstić information content (AvgIpc) is 2.21. The lowest BCUT2D eigenvalue weighted by atomic mass is 10.2. The van der Waals surface area contributed by atoms with Gasteiger partial charge in [-0.1, -0.05) is 23.2 Å². The van der Waals surface area contributed by atoms with E-state index < -0.39 is 4.92 Å². The molecular formula is C10H13Cl2N3O2. The van der Waals surface area contributed by atoms with Crippen molar-refractivity contribution < 1.29 is 4.92 Å². The number of hydrogen-bond donors (Lipinski definition) is 2. The molecule has 0 aliphatic heterocycles. The quantitative estimate of drug-likeness (QED) is 0.640. The number of halogens is 2. The third kappa shape index (κ3) is 4.03. The molecule has 0 bridgehead atoms. The van der Waals surface area contributed by atoms with Gasteiger partial charge in [0.15, 0.2) is 0 Å². The maximum atomic E-state index is 10.6. The van der Waals surface area contributed by atoms with Gasteiger partial charge in [0, 0.05) is 24.7 Å². The predicted octanol–water partition coefficient (Wildman–Crippen LogP) is 3.05. The van der Waals surface area contributed by atoms with Crippen molar-refractivity contribution in [1.82, 2.24) is 0 Å². The van der Waals surface area contributed by atoms with Crippen molar-refractivity contribution >= 4 is 34.6 Å². The minimum absolute atomic E-state index is 0.0677. The van der Waals surface area contributed by atoms with E-state index in [1.54, 1.807) is 0 Å². The van der Waals surface area contributed by atoms with Gasteiger partial charge in [0.2, 0.25) is 0 Å². The van der Waals surface area contributed by atoms with E-state index in [9.17, 15) is 10.1 Å². The predicted molar refractivity (Wildman–Crippen MR) is 69.9 cm³/mol. The van der Waals surface area contributed by atoms with Crippen LogP contribution in [-0.2, 0) is 0 Å². The molecule has 5 nitrogen and oxygen atoms in total. The summed E-state index contributed by atoms with van der Waals surface area (Å²) in [6, 6.07) is 2.60. The molecule has 1 rings (SSSR count). The van der Waals surface area contributed by atoms with Crippen LogP contribution in [0.5, 0.6) is 0 Å². The Morgan fingerprint density at radius 2 is 2.00 bits per heavy atom. The van der Waals surface area contributed by atoms with Gasteiger partial charge in [-0.2, -0.15) is 0 Å². The van der Waals surface area contributed by atoms with Crippen LogP contribution in [0.4, 0.5) is 11.4 Å². The van der Waals surface area contributed by atoms with Crippen molar-refractivity contribution in [3.8, 4) is 0 Å². The van der Waals surface area contributed by atoms with E-state index in [0.29, 0.717) is 12.2 Å². The highest BCUT2D eigenvalue weighted by atomic mass is 35.5. The molecule has 0 fully saturated rings. The average molecular weight is 278 g/mol. The standard InChI is InChI=1S/C10H13Cl2N3O2/c1-6(13)2-3-14-10-8(11)4-7(15(16)17)5-9(10)12/h4-6,14H,2-3,13H2,1H3. The normalized spacial score (nSPS) is 12.2. The van der Waals surface area contributed by atoms with Gasteiger partial charge in [0.1, 0.15) is 0 Å². The zero-order valence-corrected chi connectivity index (χ0v) is 10.8. The smallest absolute Gasteiger partial charge is 0.272 e. The molecule has 1 aromatic rings. The number of rotatable bonds is 5. The second kappa shape index (κ2) is 6.05. The summed E-state index contributed by atoms with van der Waals surface area (Å²) in [5.41, 5.74) is 5.97. The van der Waals surface area contributed by atoms with Crippen LogP contribution < -0.4 is 11.1 Å². The molecule has 1 aromatic carbocycles. The first-order chi connectivity index (χ1) is 7.91. The van der Waals surface area contributed by atoms with Crippen LogP contribution in [-0.4, -0.2) is 17.5 Å². The molecule has 0 aliphatic carbocycles. The molecular weight excluding hydrogens is 265 g/mol. The van der Waals surface area contributed by atoms with Crippen molar-refractivity contribution in [2.75, 3.05) is 11.9 Å². The van der Waals surface area contributed by atoms with E-state index in [1.807, 2.05) is 6.92 Å². The van der Waals surface area contributed by atoms with Crippen molar-refractivity contribution in [3.05, 3.63) is 32.3 Å². The molecule has 0 saturated heterocycles. The zero-order chi connectivity index (χ0) is 13.0. The molecule has 3 N–H and O–H groups in total. The van der Waals surface area contributed by atoms with Gasteiger partial charge < -0.3 is 11.1 Å². The Morgan fingerprint density at radius 3 is 2.41 bits per heavy atom. The number of benzene rings is 1.